The lowest BCUT2D eigenvalue weighted by molar-refractivity contribution is 1.31. The van der Waals surface area contributed by atoms with Crippen molar-refractivity contribution in [3.63, 3.8) is 0 Å². The molecule has 0 saturated heterocycles. The molecule has 1 aromatic rings. The van der Waals surface area contributed by atoms with E-state index in [1.807, 2.05) is 6.92 Å². The van der Waals surface area contributed by atoms with E-state index < -0.39 is 0 Å². The maximum atomic E-state index is 5.73. The lowest BCUT2D eigenvalue weighted by atomic mass is 10.2. The maximum absolute atomic E-state index is 5.73. The Morgan fingerprint density at radius 3 is 2.60 bits per heavy atom. The first kappa shape index (κ1) is 7.76. The quantitative estimate of drug-likeness (QED) is 0.458. The minimum absolute atomic E-state index is 0.581. The average Bonchev–Trinajstić information content (AvgIpc) is 1.84. The molecule has 1 nitrogen and oxygen atoms in total. The van der Waals surface area contributed by atoms with E-state index in [0.29, 0.717) is 10.7 Å². The Hall–Kier alpha value is -0.340. The highest BCUT2D eigenvalue weighted by Crippen LogP contribution is 2.24. The van der Waals surface area contributed by atoms with E-state index in [1.54, 1.807) is 12.1 Å². The van der Waals surface area contributed by atoms with E-state index in [-0.39, 0.29) is 0 Å². The van der Waals surface area contributed by atoms with E-state index in [0.717, 1.165) is 10.5 Å². The maximum Gasteiger partial charge on any atom is 0.0638 e. The molecule has 0 amide bonds. The van der Waals surface area contributed by atoms with E-state index in [9.17, 15) is 0 Å². The van der Waals surface area contributed by atoms with Gasteiger partial charge in [0.25, 0.3) is 0 Å². The number of hydrogen-bond acceptors (Lipinski definition) is 2. The van der Waals surface area contributed by atoms with Gasteiger partial charge < -0.3 is 5.73 Å². The van der Waals surface area contributed by atoms with Crippen LogP contribution in [-0.4, -0.2) is 0 Å². The number of anilines is 1. The van der Waals surface area contributed by atoms with Gasteiger partial charge in [-0.3, -0.25) is 0 Å². The molecule has 0 spiro atoms. The van der Waals surface area contributed by atoms with Crippen LogP contribution in [0.1, 0.15) is 5.56 Å². The normalized spacial score (nSPS) is 9.90. The number of benzene rings is 1. The molecule has 0 aromatic heterocycles. The van der Waals surface area contributed by atoms with Crippen LogP contribution in [0.4, 0.5) is 5.69 Å². The molecule has 3 heteroatoms. The van der Waals surface area contributed by atoms with Gasteiger partial charge in [-0.05, 0) is 24.6 Å². The summed E-state index contributed by atoms with van der Waals surface area (Å²) in [6.07, 6.45) is 0. The monoisotopic (exact) mass is 173 g/mol. The number of halogens is 1. The summed E-state index contributed by atoms with van der Waals surface area (Å²) < 4.78 is 0. The molecule has 0 aliphatic heterocycles. The Bertz CT molecular complexity index is 210. The van der Waals surface area contributed by atoms with E-state index >= 15 is 0 Å². The molecule has 10 heavy (non-hydrogen) atoms. The van der Waals surface area contributed by atoms with Crippen molar-refractivity contribution >= 4 is 29.9 Å². The minimum atomic E-state index is 0.581. The summed E-state index contributed by atoms with van der Waals surface area (Å²) >= 11 is 9.90. The van der Waals surface area contributed by atoms with Gasteiger partial charge in [0.15, 0.2) is 0 Å². The number of rotatable bonds is 0. The predicted molar refractivity (Wildman–Crippen MR) is 47.9 cm³/mol. The van der Waals surface area contributed by atoms with Gasteiger partial charge in [0, 0.05) is 4.90 Å². The largest absolute Gasteiger partial charge is 0.397 e. The molecule has 0 unspecified atom stereocenters. The summed E-state index contributed by atoms with van der Waals surface area (Å²) in [6, 6.07) is 3.56. The first-order valence-corrected chi connectivity index (χ1v) is 3.68. The molecule has 0 atom stereocenters. The fourth-order valence-electron chi connectivity index (χ4n) is 0.677. The van der Waals surface area contributed by atoms with Gasteiger partial charge in [-0.2, -0.15) is 0 Å². The molecule has 0 fully saturated rings. The molecule has 54 valence electrons. The van der Waals surface area contributed by atoms with Crippen molar-refractivity contribution in [2.45, 2.75) is 11.8 Å². The first-order valence-electron chi connectivity index (χ1n) is 2.86. The van der Waals surface area contributed by atoms with Crippen LogP contribution in [0.15, 0.2) is 17.0 Å². The molecular weight excluding hydrogens is 166 g/mol. The summed E-state index contributed by atoms with van der Waals surface area (Å²) in [4.78, 5) is 0.877. The van der Waals surface area contributed by atoms with Crippen LogP contribution in [0.2, 0.25) is 5.02 Å². The highest BCUT2D eigenvalue weighted by Gasteiger charge is 1.98. The third-order valence-corrected chi connectivity index (χ3v) is 2.12. The van der Waals surface area contributed by atoms with Gasteiger partial charge in [-0.25, -0.2) is 0 Å². The summed E-state index contributed by atoms with van der Waals surface area (Å²) in [5.74, 6) is 0. The second kappa shape index (κ2) is 2.72. The number of aryl methyl sites for hydroxylation is 1. The lowest BCUT2D eigenvalue weighted by Crippen LogP contribution is -1.87. The summed E-state index contributed by atoms with van der Waals surface area (Å²) in [6.45, 7) is 1.94. The highest BCUT2D eigenvalue weighted by molar-refractivity contribution is 7.80. The van der Waals surface area contributed by atoms with Crippen molar-refractivity contribution in [1.82, 2.24) is 0 Å². The number of nitrogens with two attached hydrogens (primary N) is 1. The number of nitrogen functional groups attached to an aromatic ring is 1. The van der Waals surface area contributed by atoms with Crippen LogP contribution in [0.5, 0.6) is 0 Å². The third kappa shape index (κ3) is 1.39. The van der Waals surface area contributed by atoms with Crippen molar-refractivity contribution in [2.24, 2.45) is 0 Å². The van der Waals surface area contributed by atoms with Crippen LogP contribution < -0.4 is 5.73 Å². The van der Waals surface area contributed by atoms with Gasteiger partial charge in [0.05, 0.1) is 10.7 Å². The summed E-state index contributed by atoms with van der Waals surface area (Å²) in [7, 11) is 0. The van der Waals surface area contributed by atoms with Crippen LogP contribution in [0, 0.1) is 6.92 Å². The molecule has 0 bridgehead atoms. The van der Waals surface area contributed by atoms with Crippen LogP contribution in [0.3, 0.4) is 0 Å². The zero-order chi connectivity index (χ0) is 7.72. The second-order valence-corrected chi connectivity index (χ2v) is 3.05. The van der Waals surface area contributed by atoms with E-state index in [2.05, 4.69) is 12.6 Å². The van der Waals surface area contributed by atoms with Crippen molar-refractivity contribution in [3.8, 4) is 0 Å². The Morgan fingerprint density at radius 1 is 1.50 bits per heavy atom. The van der Waals surface area contributed by atoms with E-state index in [4.69, 9.17) is 17.3 Å². The van der Waals surface area contributed by atoms with Crippen LogP contribution in [-0.2, 0) is 0 Å². The lowest BCUT2D eigenvalue weighted by Gasteiger charge is -2.01. The van der Waals surface area contributed by atoms with E-state index in [1.165, 1.54) is 0 Å². The Labute approximate surface area is 70.6 Å². The third-order valence-electron chi connectivity index (χ3n) is 1.32. The Kier molecular flexibility index (Phi) is 2.11. The fourth-order valence-corrected chi connectivity index (χ4v) is 1.10. The second-order valence-electron chi connectivity index (χ2n) is 2.16. The molecule has 2 N–H and O–H groups in total. The zero-order valence-electron chi connectivity index (χ0n) is 5.56. The van der Waals surface area contributed by atoms with Crippen LogP contribution >= 0.6 is 24.2 Å². The topological polar surface area (TPSA) is 26.0 Å². The van der Waals surface area contributed by atoms with Crippen molar-refractivity contribution in [1.29, 1.82) is 0 Å². The molecule has 0 radical (unpaired) electrons. The number of thiol groups is 1. The zero-order valence-corrected chi connectivity index (χ0v) is 7.21. The van der Waals surface area contributed by atoms with Gasteiger partial charge in [0.1, 0.15) is 0 Å². The van der Waals surface area contributed by atoms with Gasteiger partial charge in [-0.1, -0.05) is 11.6 Å². The Balaban J connectivity index is 3.28. The molecule has 0 saturated carbocycles. The smallest absolute Gasteiger partial charge is 0.0638 e. The molecule has 0 heterocycles. The van der Waals surface area contributed by atoms with Crippen LogP contribution in [0.25, 0.3) is 0 Å². The van der Waals surface area contributed by atoms with Gasteiger partial charge >= 0.3 is 0 Å². The average molecular weight is 174 g/mol. The predicted octanol–water partition coefficient (Wildman–Crippen LogP) is 2.52. The molecular formula is C7H8ClNS. The first-order chi connectivity index (χ1) is 4.61. The standard InChI is InChI=1S/C7H8ClNS/c1-4-2-5(8)6(9)3-7(4)10/h2-3,10H,9H2,1H3. The SMILES string of the molecule is Cc1cc(Cl)c(N)cc1S. The molecule has 1 rings (SSSR count). The van der Waals surface area contributed by atoms with Crippen molar-refractivity contribution < 1.29 is 0 Å². The summed E-state index contributed by atoms with van der Waals surface area (Å²) in [5, 5.41) is 0.593. The fraction of sp³-hybridized carbons (Fsp3) is 0.143. The van der Waals surface area contributed by atoms with Gasteiger partial charge in [0.2, 0.25) is 0 Å². The summed E-state index contributed by atoms with van der Waals surface area (Å²) in [5.41, 5.74) is 7.13. The van der Waals surface area contributed by atoms with Gasteiger partial charge in [-0.15, -0.1) is 12.6 Å². The molecule has 0 aliphatic rings. The Morgan fingerprint density at radius 2 is 2.10 bits per heavy atom. The van der Waals surface area contributed by atoms with Crippen molar-refractivity contribution in [2.75, 3.05) is 5.73 Å². The highest BCUT2D eigenvalue weighted by atomic mass is 35.5. The molecule has 1 aromatic carbocycles. The minimum Gasteiger partial charge on any atom is -0.397 e. The number of hydrogen-bond donors (Lipinski definition) is 2. The molecule has 0 aliphatic carbocycles. The van der Waals surface area contributed by atoms with Crippen molar-refractivity contribution in [3.05, 3.63) is 22.7 Å².